The minimum absolute atomic E-state index is 0.0365. The number of likely N-dealkylation sites (N-methyl/N-ethyl adjacent to an activating group) is 1. The van der Waals surface area contributed by atoms with Crippen molar-refractivity contribution in [3.63, 3.8) is 0 Å². The quantitative estimate of drug-likeness (QED) is 0.842. The van der Waals surface area contributed by atoms with E-state index in [9.17, 15) is 9.59 Å². The van der Waals surface area contributed by atoms with E-state index < -0.39 is 5.60 Å². The predicted molar refractivity (Wildman–Crippen MR) is 115 cm³/mol. The Morgan fingerprint density at radius 1 is 1.03 bits per heavy atom. The maximum Gasteiger partial charge on any atom is 0.410 e. The number of benzene rings is 1. The van der Waals surface area contributed by atoms with Gasteiger partial charge >= 0.3 is 6.09 Å². The second-order valence-electron chi connectivity index (χ2n) is 9.09. The molecule has 0 radical (unpaired) electrons. The third-order valence-electron chi connectivity index (χ3n) is 5.45. The van der Waals surface area contributed by atoms with Gasteiger partial charge in [0.15, 0.2) is 0 Å². The number of ether oxygens (including phenoxy) is 1. The van der Waals surface area contributed by atoms with Crippen LogP contribution in [0, 0.1) is 5.92 Å². The zero-order chi connectivity index (χ0) is 21.0. The molecular weight excluding hydrogens is 368 g/mol. The Kier molecular flexibility index (Phi) is 6.67. The summed E-state index contributed by atoms with van der Waals surface area (Å²) < 4.78 is 5.45. The van der Waals surface area contributed by atoms with Gasteiger partial charge in [0.2, 0.25) is 5.91 Å². The summed E-state index contributed by atoms with van der Waals surface area (Å²) in [6.07, 6.45) is 1.25. The van der Waals surface area contributed by atoms with E-state index in [0.717, 1.165) is 44.7 Å². The maximum atomic E-state index is 12.7. The van der Waals surface area contributed by atoms with Crippen molar-refractivity contribution in [3.05, 3.63) is 24.3 Å². The lowest BCUT2D eigenvalue weighted by atomic mass is 9.97. The SMILES string of the molecule is CN1CCN(c2ccc(NC(=O)C3CCCN(C(=O)OC(C)(C)C)C3)cc2)CC1. The fourth-order valence-electron chi connectivity index (χ4n) is 3.75. The molecular formula is C22H34N4O3. The molecule has 1 aromatic carbocycles. The van der Waals surface area contributed by atoms with Crippen LogP contribution in [0.25, 0.3) is 0 Å². The lowest BCUT2D eigenvalue weighted by Gasteiger charge is -2.34. The van der Waals surface area contributed by atoms with Crippen LogP contribution in [0.1, 0.15) is 33.6 Å². The van der Waals surface area contributed by atoms with Crippen molar-refractivity contribution in [3.8, 4) is 0 Å². The van der Waals surface area contributed by atoms with Crippen molar-refractivity contribution in [1.82, 2.24) is 9.80 Å². The largest absolute Gasteiger partial charge is 0.444 e. The standard InChI is InChI=1S/C22H34N4O3/c1-22(2,3)29-21(28)26-11-5-6-17(16-26)20(27)23-18-7-9-19(10-8-18)25-14-12-24(4)13-15-25/h7-10,17H,5-6,11-16H2,1-4H3,(H,23,27). The summed E-state index contributed by atoms with van der Waals surface area (Å²) in [5.41, 5.74) is 1.45. The van der Waals surface area contributed by atoms with E-state index in [4.69, 9.17) is 4.74 Å². The molecule has 0 bridgehead atoms. The average Bonchev–Trinajstić information content (AvgIpc) is 2.68. The highest BCUT2D eigenvalue weighted by Crippen LogP contribution is 2.23. The van der Waals surface area contributed by atoms with Crippen LogP contribution >= 0.6 is 0 Å². The van der Waals surface area contributed by atoms with Crippen molar-refractivity contribution in [2.45, 2.75) is 39.2 Å². The van der Waals surface area contributed by atoms with E-state index in [1.807, 2.05) is 32.9 Å². The van der Waals surface area contributed by atoms with Crippen LogP contribution in [-0.4, -0.2) is 73.7 Å². The van der Waals surface area contributed by atoms with Gasteiger partial charge in [-0.1, -0.05) is 0 Å². The van der Waals surface area contributed by atoms with E-state index >= 15 is 0 Å². The molecule has 0 saturated carbocycles. The first-order chi connectivity index (χ1) is 13.7. The van der Waals surface area contributed by atoms with E-state index in [1.54, 1.807) is 4.90 Å². The predicted octanol–water partition coefficient (Wildman–Crippen LogP) is 3.02. The van der Waals surface area contributed by atoms with Gasteiger partial charge in [-0.25, -0.2) is 4.79 Å². The Morgan fingerprint density at radius 2 is 1.69 bits per heavy atom. The van der Waals surface area contributed by atoms with Crippen molar-refractivity contribution in [2.24, 2.45) is 5.92 Å². The van der Waals surface area contributed by atoms with Gasteiger partial charge in [0.05, 0.1) is 5.92 Å². The average molecular weight is 403 g/mol. The lowest BCUT2D eigenvalue weighted by molar-refractivity contribution is -0.121. The summed E-state index contributed by atoms with van der Waals surface area (Å²) in [6.45, 7) is 10.8. The number of amides is 2. The first-order valence-corrected chi connectivity index (χ1v) is 10.5. The van der Waals surface area contributed by atoms with Crippen LogP contribution in [0.5, 0.6) is 0 Å². The molecule has 1 unspecified atom stereocenters. The van der Waals surface area contributed by atoms with Gasteiger partial charge in [0.25, 0.3) is 0 Å². The number of nitrogens with one attached hydrogen (secondary N) is 1. The Hall–Kier alpha value is -2.28. The number of rotatable bonds is 3. The molecule has 2 saturated heterocycles. The van der Waals surface area contributed by atoms with E-state index in [2.05, 4.69) is 34.3 Å². The summed E-state index contributed by atoms with van der Waals surface area (Å²) >= 11 is 0. The Bertz CT molecular complexity index is 706. The number of piperazine rings is 1. The molecule has 2 fully saturated rings. The number of likely N-dealkylation sites (tertiary alicyclic amines) is 1. The van der Waals surface area contributed by atoms with Gasteiger partial charge in [-0.3, -0.25) is 4.79 Å². The van der Waals surface area contributed by atoms with Crippen LogP contribution in [0.2, 0.25) is 0 Å². The number of carbonyl (C=O) groups excluding carboxylic acids is 2. The summed E-state index contributed by atoms with van der Waals surface area (Å²) in [6, 6.07) is 8.05. The fourth-order valence-corrected chi connectivity index (χ4v) is 3.75. The van der Waals surface area contributed by atoms with Crippen LogP contribution in [-0.2, 0) is 9.53 Å². The molecule has 2 aliphatic rings. The van der Waals surface area contributed by atoms with E-state index in [0.29, 0.717) is 13.1 Å². The Balaban J connectivity index is 1.53. The third-order valence-corrected chi connectivity index (χ3v) is 5.45. The highest BCUT2D eigenvalue weighted by Gasteiger charge is 2.31. The maximum absolute atomic E-state index is 12.7. The molecule has 0 spiro atoms. The van der Waals surface area contributed by atoms with Gasteiger partial charge < -0.3 is 24.8 Å². The van der Waals surface area contributed by atoms with Gasteiger partial charge in [-0.2, -0.15) is 0 Å². The molecule has 1 atom stereocenters. The molecule has 7 nitrogen and oxygen atoms in total. The minimum atomic E-state index is -0.530. The normalized spacial score (nSPS) is 21.0. The number of carbonyl (C=O) groups is 2. The van der Waals surface area contributed by atoms with Crippen molar-refractivity contribution in [2.75, 3.05) is 56.5 Å². The van der Waals surface area contributed by atoms with Gasteiger partial charge in [0, 0.05) is 50.6 Å². The zero-order valence-electron chi connectivity index (χ0n) is 18.1. The van der Waals surface area contributed by atoms with Gasteiger partial charge in [-0.05, 0) is 64.9 Å². The summed E-state index contributed by atoms with van der Waals surface area (Å²) in [5.74, 6) is -0.251. The smallest absolute Gasteiger partial charge is 0.410 e. The molecule has 160 valence electrons. The van der Waals surface area contributed by atoms with Crippen LogP contribution in [0.4, 0.5) is 16.2 Å². The summed E-state index contributed by atoms with van der Waals surface area (Å²) in [7, 11) is 2.14. The highest BCUT2D eigenvalue weighted by molar-refractivity contribution is 5.93. The monoisotopic (exact) mass is 402 g/mol. The topological polar surface area (TPSA) is 65.1 Å². The molecule has 0 aliphatic carbocycles. The molecule has 1 aromatic rings. The Morgan fingerprint density at radius 3 is 2.31 bits per heavy atom. The lowest BCUT2D eigenvalue weighted by Crippen LogP contribution is -2.45. The van der Waals surface area contributed by atoms with Crippen molar-refractivity contribution >= 4 is 23.4 Å². The van der Waals surface area contributed by atoms with E-state index in [-0.39, 0.29) is 17.9 Å². The molecule has 2 heterocycles. The number of hydrogen-bond acceptors (Lipinski definition) is 5. The van der Waals surface area contributed by atoms with Crippen LogP contribution < -0.4 is 10.2 Å². The second-order valence-corrected chi connectivity index (χ2v) is 9.09. The fraction of sp³-hybridized carbons (Fsp3) is 0.636. The molecule has 7 heteroatoms. The van der Waals surface area contributed by atoms with E-state index in [1.165, 1.54) is 5.69 Å². The third kappa shape index (κ3) is 6.10. The first-order valence-electron chi connectivity index (χ1n) is 10.5. The number of hydrogen-bond donors (Lipinski definition) is 1. The first kappa shape index (κ1) is 21.4. The zero-order valence-corrected chi connectivity index (χ0v) is 18.1. The van der Waals surface area contributed by atoms with Crippen LogP contribution in [0.15, 0.2) is 24.3 Å². The summed E-state index contributed by atoms with van der Waals surface area (Å²) in [4.78, 5) is 31.4. The van der Waals surface area contributed by atoms with Gasteiger partial charge in [0.1, 0.15) is 5.60 Å². The Labute approximate surface area is 174 Å². The number of anilines is 2. The second kappa shape index (κ2) is 9.03. The van der Waals surface area contributed by atoms with Crippen molar-refractivity contribution in [1.29, 1.82) is 0 Å². The summed E-state index contributed by atoms with van der Waals surface area (Å²) in [5, 5.41) is 3.01. The highest BCUT2D eigenvalue weighted by atomic mass is 16.6. The molecule has 0 aromatic heterocycles. The number of piperidine rings is 1. The molecule has 1 N–H and O–H groups in total. The molecule has 3 rings (SSSR count). The van der Waals surface area contributed by atoms with Crippen molar-refractivity contribution < 1.29 is 14.3 Å². The van der Waals surface area contributed by atoms with Gasteiger partial charge in [-0.15, -0.1) is 0 Å². The number of nitrogens with zero attached hydrogens (tertiary/aromatic N) is 3. The molecule has 2 aliphatic heterocycles. The minimum Gasteiger partial charge on any atom is -0.444 e. The molecule has 2 amide bonds. The molecule has 29 heavy (non-hydrogen) atoms. The van der Waals surface area contributed by atoms with Crippen LogP contribution in [0.3, 0.4) is 0 Å².